The molecular formula is C14H22N2O3S2. The van der Waals surface area contributed by atoms with Gasteiger partial charge in [-0.2, -0.15) is 0 Å². The van der Waals surface area contributed by atoms with E-state index in [4.69, 9.17) is 15.2 Å². The van der Waals surface area contributed by atoms with Crippen LogP contribution in [0, 0.1) is 0 Å². The van der Waals surface area contributed by atoms with Gasteiger partial charge in [0.2, 0.25) is 0 Å². The standard InChI is InChI=1S/C14H22N2O3S2/c1-5-18-14(17)12-10(15)11(20-4)13(21-12)16-6-8(2)19-9(3)7-16/h8-9H,5-7,15H2,1-4H3/t8-,9+. The molecule has 2 atom stereocenters. The van der Waals surface area contributed by atoms with Crippen molar-refractivity contribution < 1.29 is 14.3 Å². The van der Waals surface area contributed by atoms with Gasteiger partial charge in [0.1, 0.15) is 9.88 Å². The molecule has 7 heteroatoms. The second-order valence-corrected chi connectivity index (χ2v) is 6.88. The van der Waals surface area contributed by atoms with Crippen LogP contribution in [0.2, 0.25) is 0 Å². The van der Waals surface area contributed by atoms with Crippen molar-refractivity contribution in [3.8, 4) is 0 Å². The van der Waals surface area contributed by atoms with E-state index in [1.165, 1.54) is 11.3 Å². The van der Waals surface area contributed by atoms with Crippen LogP contribution >= 0.6 is 23.1 Å². The number of nitrogens with zero attached hydrogens (tertiary/aromatic N) is 1. The molecule has 1 aromatic heterocycles. The molecule has 0 aliphatic carbocycles. The Labute approximate surface area is 133 Å². The van der Waals surface area contributed by atoms with E-state index < -0.39 is 0 Å². The van der Waals surface area contributed by atoms with Crippen molar-refractivity contribution in [3.05, 3.63) is 4.88 Å². The molecule has 0 bridgehead atoms. The van der Waals surface area contributed by atoms with Crippen LogP contribution in [0.5, 0.6) is 0 Å². The minimum atomic E-state index is -0.337. The van der Waals surface area contributed by atoms with Crippen LogP contribution in [0.4, 0.5) is 10.7 Å². The molecule has 0 unspecified atom stereocenters. The van der Waals surface area contributed by atoms with Crippen LogP contribution in [0.25, 0.3) is 0 Å². The van der Waals surface area contributed by atoms with Gasteiger partial charge in [-0.1, -0.05) is 0 Å². The fourth-order valence-electron chi connectivity index (χ4n) is 2.51. The maximum absolute atomic E-state index is 12.0. The maximum Gasteiger partial charge on any atom is 0.350 e. The number of rotatable bonds is 4. The van der Waals surface area contributed by atoms with Crippen molar-refractivity contribution in [1.29, 1.82) is 0 Å². The summed E-state index contributed by atoms with van der Waals surface area (Å²) >= 11 is 2.99. The van der Waals surface area contributed by atoms with Gasteiger partial charge in [0.25, 0.3) is 0 Å². The van der Waals surface area contributed by atoms with Gasteiger partial charge < -0.3 is 20.1 Å². The summed E-state index contributed by atoms with van der Waals surface area (Å²) in [4.78, 5) is 15.7. The average molecular weight is 330 g/mol. The minimum absolute atomic E-state index is 0.165. The number of hydrogen-bond acceptors (Lipinski definition) is 7. The molecule has 118 valence electrons. The number of thioether (sulfide) groups is 1. The van der Waals surface area contributed by atoms with E-state index in [-0.39, 0.29) is 18.2 Å². The third kappa shape index (κ3) is 3.46. The lowest BCUT2D eigenvalue weighted by molar-refractivity contribution is -0.00513. The molecule has 5 nitrogen and oxygen atoms in total. The van der Waals surface area contributed by atoms with Crippen molar-refractivity contribution in [1.82, 2.24) is 0 Å². The van der Waals surface area contributed by atoms with Gasteiger partial charge >= 0.3 is 5.97 Å². The van der Waals surface area contributed by atoms with Gasteiger partial charge in [0.15, 0.2) is 0 Å². The molecule has 0 radical (unpaired) electrons. The van der Waals surface area contributed by atoms with Gasteiger partial charge in [-0.05, 0) is 27.0 Å². The van der Waals surface area contributed by atoms with Crippen molar-refractivity contribution in [3.63, 3.8) is 0 Å². The summed E-state index contributed by atoms with van der Waals surface area (Å²) in [6.45, 7) is 7.88. The Kier molecular flexibility index (Phi) is 5.40. The Morgan fingerprint density at radius 2 is 2.10 bits per heavy atom. The third-order valence-electron chi connectivity index (χ3n) is 3.25. The molecule has 1 aliphatic rings. The van der Waals surface area contributed by atoms with Crippen LogP contribution in [0.15, 0.2) is 4.90 Å². The van der Waals surface area contributed by atoms with E-state index in [1.807, 2.05) is 6.26 Å². The molecule has 21 heavy (non-hydrogen) atoms. The molecular weight excluding hydrogens is 308 g/mol. The van der Waals surface area contributed by atoms with Crippen molar-refractivity contribution in [2.75, 3.05) is 36.6 Å². The second-order valence-electron chi connectivity index (χ2n) is 5.07. The summed E-state index contributed by atoms with van der Waals surface area (Å²) in [6.07, 6.45) is 2.31. The Morgan fingerprint density at radius 1 is 1.48 bits per heavy atom. The molecule has 1 aromatic rings. The van der Waals surface area contributed by atoms with E-state index in [9.17, 15) is 4.79 Å². The van der Waals surface area contributed by atoms with Gasteiger partial charge in [-0.3, -0.25) is 0 Å². The van der Waals surface area contributed by atoms with Crippen molar-refractivity contribution >= 4 is 39.8 Å². The fraction of sp³-hybridized carbons (Fsp3) is 0.643. The average Bonchev–Trinajstić information content (AvgIpc) is 2.75. The number of anilines is 2. The van der Waals surface area contributed by atoms with Crippen LogP contribution in [-0.2, 0) is 9.47 Å². The molecule has 0 amide bonds. The zero-order chi connectivity index (χ0) is 15.6. The van der Waals surface area contributed by atoms with E-state index in [1.54, 1.807) is 18.7 Å². The zero-order valence-electron chi connectivity index (χ0n) is 12.8. The number of nitrogen functional groups attached to an aromatic ring is 1. The lowest BCUT2D eigenvalue weighted by Gasteiger charge is -2.36. The van der Waals surface area contributed by atoms with Gasteiger partial charge in [0, 0.05) is 13.1 Å². The molecule has 2 heterocycles. The normalized spacial score (nSPS) is 22.4. The second kappa shape index (κ2) is 6.89. The topological polar surface area (TPSA) is 64.8 Å². The first-order valence-electron chi connectivity index (χ1n) is 7.01. The molecule has 1 saturated heterocycles. The first-order chi connectivity index (χ1) is 9.97. The van der Waals surface area contributed by atoms with Crippen LogP contribution in [0.3, 0.4) is 0 Å². The van der Waals surface area contributed by atoms with E-state index in [2.05, 4.69) is 18.7 Å². The van der Waals surface area contributed by atoms with E-state index in [0.717, 1.165) is 23.0 Å². The number of nitrogens with two attached hydrogens (primary N) is 1. The first kappa shape index (κ1) is 16.5. The smallest absolute Gasteiger partial charge is 0.350 e. The lowest BCUT2D eigenvalue weighted by Crippen LogP contribution is -2.45. The van der Waals surface area contributed by atoms with Crippen LogP contribution in [-0.4, -0.2) is 44.1 Å². The van der Waals surface area contributed by atoms with Crippen LogP contribution in [0.1, 0.15) is 30.4 Å². The monoisotopic (exact) mass is 330 g/mol. The quantitative estimate of drug-likeness (QED) is 0.676. The number of thiophene rings is 1. The molecule has 1 aliphatic heterocycles. The number of esters is 1. The van der Waals surface area contributed by atoms with Crippen molar-refractivity contribution in [2.24, 2.45) is 0 Å². The Bertz CT molecular complexity index is 509. The zero-order valence-corrected chi connectivity index (χ0v) is 14.5. The van der Waals surface area contributed by atoms with Gasteiger partial charge in [-0.15, -0.1) is 23.1 Å². The summed E-state index contributed by atoms with van der Waals surface area (Å²) in [7, 11) is 0. The lowest BCUT2D eigenvalue weighted by atomic mass is 10.2. The largest absolute Gasteiger partial charge is 0.462 e. The summed E-state index contributed by atoms with van der Waals surface area (Å²) in [5.41, 5.74) is 6.69. The van der Waals surface area contributed by atoms with E-state index >= 15 is 0 Å². The predicted octanol–water partition coefficient (Wildman–Crippen LogP) is 2.84. The van der Waals surface area contributed by atoms with Gasteiger partial charge in [0.05, 0.1) is 29.4 Å². The number of ether oxygens (including phenoxy) is 2. The molecule has 2 rings (SSSR count). The Morgan fingerprint density at radius 3 is 2.62 bits per heavy atom. The predicted molar refractivity (Wildman–Crippen MR) is 88.7 cm³/mol. The SMILES string of the molecule is CCOC(=O)c1sc(N2C[C@@H](C)O[C@@H](C)C2)c(SC)c1N. The number of carbonyl (C=O) groups is 1. The summed E-state index contributed by atoms with van der Waals surface area (Å²) in [5, 5.41) is 1.05. The molecule has 2 N–H and O–H groups in total. The van der Waals surface area contributed by atoms with Gasteiger partial charge in [-0.25, -0.2) is 4.79 Å². The number of carbonyl (C=O) groups excluding carboxylic acids is 1. The molecule has 0 saturated carbocycles. The molecule has 1 fully saturated rings. The molecule has 0 aromatic carbocycles. The third-order valence-corrected chi connectivity index (χ3v) is 5.45. The number of morpholine rings is 1. The highest BCUT2D eigenvalue weighted by Crippen LogP contribution is 2.44. The summed E-state index contributed by atoms with van der Waals surface area (Å²) in [6, 6.07) is 0. The highest BCUT2D eigenvalue weighted by molar-refractivity contribution is 7.99. The van der Waals surface area contributed by atoms with E-state index in [0.29, 0.717) is 17.2 Å². The summed E-state index contributed by atoms with van der Waals surface area (Å²) < 4.78 is 10.9. The highest BCUT2D eigenvalue weighted by Gasteiger charge is 2.29. The Balaban J connectivity index is 2.34. The maximum atomic E-state index is 12.0. The molecule has 0 spiro atoms. The Hall–Kier alpha value is -0.920. The summed E-state index contributed by atoms with van der Waals surface area (Å²) in [5.74, 6) is -0.337. The van der Waals surface area contributed by atoms with Crippen molar-refractivity contribution in [2.45, 2.75) is 37.9 Å². The minimum Gasteiger partial charge on any atom is -0.462 e. The highest BCUT2D eigenvalue weighted by atomic mass is 32.2. The fourth-order valence-corrected chi connectivity index (χ4v) is 4.61. The van der Waals surface area contributed by atoms with Crippen LogP contribution < -0.4 is 10.6 Å². The number of hydrogen-bond donors (Lipinski definition) is 1. The first-order valence-corrected chi connectivity index (χ1v) is 9.05.